The molecule has 0 saturated heterocycles. The number of nitrogens with zero attached hydrogens (tertiary/aromatic N) is 5. The van der Waals surface area contributed by atoms with Gasteiger partial charge >= 0.3 is 0 Å². The zero-order valence-corrected chi connectivity index (χ0v) is 29.8. The van der Waals surface area contributed by atoms with Crippen molar-refractivity contribution >= 4 is 80.9 Å². The topological polar surface area (TPSA) is 72.0 Å². The molecule has 254 valence electrons. The van der Waals surface area contributed by atoms with Crippen LogP contribution in [0.2, 0.25) is 0 Å². The van der Waals surface area contributed by atoms with Crippen molar-refractivity contribution < 1.29 is 4.42 Å². The fourth-order valence-electron chi connectivity index (χ4n) is 8.00. The summed E-state index contributed by atoms with van der Waals surface area (Å²) in [5, 5.41) is 17.3. The van der Waals surface area contributed by atoms with Crippen LogP contribution in [0, 0.1) is 17.9 Å². The Kier molecular flexibility index (Phi) is 6.75. The molecule has 0 aliphatic carbocycles. The highest BCUT2D eigenvalue weighted by atomic mass is 32.1. The molecule has 4 aromatic heterocycles. The molecule has 7 aromatic carbocycles. The van der Waals surface area contributed by atoms with E-state index in [1.807, 2.05) is 78.9 Å². The summed E-state index contributed by atoms with van der Waals surface area (Å²) in [5.41, 5.74) is 8.27. The van der Waals surface area contributed by atoms with Gasteiger partial charge in [-0.2, -0.15) is 5.26 Å². The van der Waals surface area contributed by atoms with Crippen molar-refractivity contribution in [2.24, 2.45) is 0 Å². The lowest BCUT2D eigenvalue weighted by atomic mass is 9.99. The number of hydrogen-bond donors (Lipinski definition) is 0. The molecule has 0 unspecified atom stereocenters. The summed E-state index contributed by atoms with van der Waals surface area (Å²) in [7, 11) is 0. The molecule has 4 heterocycles. The van der Waals surface area contributed by atoms with E-state index in [9.17, 15) is 5.26 Å². The molecule has 0 fully saturated rings. The van der Waals surface area contributed by atoms with Crippen molar-refractivity contribution in [2.75, 3.05) is 0 Å². The summed E-state index contributed by atoms with van der Waals surface area (Å²) >= 11 is 1.74. The van der Waals surface area contributed by atoms with E-state index in [-0.39, 0.29) is 0 Å². The molecule has 0 saturated carbocycles. The first kappa shape index (κ1) is 31.0. The highest BCUT2D eigenvalue weighted by molar-refractivity contribution is 7.25. The van der Waals surface area contributed by atoms with Gasteiger partial charge in [-0.1, -0.05) is 109 Å². The highest BCUT2D eigenvalue weighted by Crippen LogP contribution is 2.43. The predicted molar refractivity (Wildman–Crippen MR) is 224 cm³/mol. The molecule has 0 spiro atoms. The number of rotatable bonds is 4. The zero-order valence-electron chi connectivity index (χ0n) is 29.0. The molecular weight excluding hydrogens is 695 g/mol. The average molecular weight is 720 g/mol. The van der Waals surface area contributed by atoms with Crippen molar-refractivity contribution in [1.29, 1.82) is 5.26 Å². The van der Waals surface area contributed by atoms with Crippen LogP contribution in [0.5, 0.6) is 0 Å². The Morgan fingerprint density at radius 1 is 0.600 bits per heavy atom. The largest absolute Gasteiger partial charge is 0.454 e. The summed E-state index contributed by atoms with van der Waals surface area (Å²) in [6.07, 6.45) is 0. The van der Waals surface area contributed by atoms with Crippen LogP contribution >= 0.6 is 11.3 Å². The van der Waals surface area contributed by atoms with Gasteiger partial charge in [-0.05, 0) is 48.0 Å². The second-order valence-corrected chi connectivity index (χ2v) is 14.6. The number of aromatic nitrogens is 3. The van der Waals surface area contributed by atoms with Crippen LogP contribution in [-0.4, -0.2) is 14.5 Å². The van der Waals surface area contributed by atoms with Crippen LogP contribution in [0.25, 0.3) is 108 Å². The lowest BCUT2D eigenvalue weighted by molar-refractivity contribution is 0.671. The van der Waals surface area contributed by atoms with Crippen LogP contribution in [0.3, 0.4) is 0 Å². The molecule has 55 heavy (non-hydrogen) atoms. The molecule has 11 aromatic rings. The van der Waals surface area contributed by atoms with Crippen LogP contribution < -0.4 is 0 Å². The van der Waals surface area contributed by atoms with Crippen molar-refractivity contribution in [1.82, 2.24) is 14.5 Å². The third-order valence-corrected chi connectivity index (χ3v) is 11.6. The van der Waals surface area contributed by atoms with E-state index in [4.69, 9.17) is 21.0 Å². The summed E-state index contributed by atoms with van der Waals surface area (Å²) < 4.78 is 11.1. The van der Waals surface area contributed by atoms with E-state index in [1.165, 1.54) is 15.5 Å². The number of nitriles is 1. The maximum Gasteiger partial charge on any atom is 0.211 e. The third-order valence-electron chi connectivity index (χ3n) is 10.5. The zero-order chi connectivity index (χ0) is 36.6. The molecule has 0 amide bonds. The van der Waals surface area contributed by atoms with Crippen LogP contribution in [0.15, 0.2) is 156 Å². The highest BCUT2D eigenvalue weighted by Gasteiger charge is 2.23. The summed E-state index contributed by atoms with van der Waals surface area (Å²) in [6.45, 7) is 8.48. The molecule has 0 radical (unpaired) electrons. The number of fused-ring (bicyclic) bond motifs is 10. The van der Waals surface area contributed by atoms with E-state index in [2.05, 4.69) is 88.3 Å². The molecular formula is C48H25N5OS. The number of hydrogen-bond acceptors (Lipinski definition) is 5. The maximum atomic E-state index is 10.7. The summed E-state index contributed by atoms with van der Waals surface area (Å²) in [6, 6.07) is 53.2. The Morgan fingerprint density at radius 2 is 1.27 bits per heavy atom. The fraction of sp³-hybridized carbons (Fsp3) is 0. The quantitative estimate of drug-likeness (QED) is 0.170. The van der Waals surface area contributed by atoms with Gasteiger partial charge < -0.3 is 8.98 Å². The summed E-state index contributed by atoms with van der Waals surface area (Å²) in [5.74, 6) is 0.510. The van der Waals surface area contributed by atoms with Crippen LogP contribution in [-0.2, 0) is 0 Å². The standard InChI is InChI=1S/C48H25N5OS/c1-50-38-25-29(20-24-40(38)53-39-16-8-5-13-31(39)35-22-23-36-32-14-6-9-17-41(32)54-47(36)46(35)53)45-37(27-49)44(28-11-3-2-4-12-28)51-48(52-45)30-19-21-34-33-15-7-10-18-42(33)55-43(34)26-30/h2-26H. The first-order chi connectivity index (χ1) is 27.2. The van der Waals surface area contributed by atoms with E-state index in [0.717, 1.165) is 59.6 Å². The average Bonchev–Trinajstić information content (AvgIpc) is 3.92. The van der Waals surface area contributed by atoms with Gasteiger partial charge in [-0.3, -0.25) is 0 Å². The number of furan rings is 1. The number of benzene rings is 7. The van der Waals surface area contributed by atoms with Crippen molar-refractivity contribution in [2.45, 2.75) is 0 Å². The van der Waals surface area contributed by atoms with E-state index in [0.29, 0.717) is 39.7 Å². The molecule has 0 bridgehead atoms. The van der Waals surface area contributed by atoms with Gasteiger partial charge in [-0.25, -0.2) is 14.8 Å². The van der Waals surface area contributed by atoms with Gasteiger partial charge in [0.25, 0.3) is 0 Å². The van der Waals surface area contributed by atoms with E-state index < -0.39 is 0 Å². The molecule has 0 atom stereocenters. The minimum atomic E-state index is 0.349. The Bertz CT molecular complexity index is 3470. The monoisotopic (exact) mass is 719 g/mol. The van der Waals surface area contributed by atoms with Gasteiger partial charge in [-0.15, -0.1) is 11.3 Å². The number of thiophene rings is 1. The van der Waals surface area contributed by atoms with Crippen molar-refractivity contribution in [3.8, 4) is 45.7 Å². The van der Waals surface area contributed by atoms with Gasteiger partial charge in [0.2, 0.25) is 5.69 Å². The second kappa shape index (κ2) is 12.0. The second-order valence-electron chi connectivity index (χ2n) is 13.5. The van der Waals surface area contributed by atoms with Crippen molar-refractivity contribution in [3.63, 3.8) is 0 Å². The first-order valence-electron chi connectivity index (χ1n) is 17.8. The molecule has 0 aliphatic rings. The fourth-order valence-corrected chi connectivity index (χ4v) is 9.15. The molecule has 7 heteroatoms. The van der Waals surface area contributed by atoms with E-state index >= 15 is 0 Å². The predicted octanol–water partition coefficient (Wildman–Crippen LogP) is 13.3. The van der Waals surface area contributed by atoms with Crippen LogP contribution in [0.4, 0.5) is 5.69 Å². The molecule has 0 aliphatic heterocycles. The van der Waals surface area contributed by atoms with Crippen molar-refractivity contribution in [3.05, 3.63) is 169 Å². The molecule has 0 N–H and O–H groups in total. The number of para-hydroxylation sites is 2. The lowest BCUT2D eigenvalue weighted by Crippen LogP contribution is -2.01. The third kappa shape index (κ3) is 4.65. The Balaban J connectivity index is 1.15. The van der Waals surface area contributed by atoms with Gasteiger partial charge in [0, 0.05) is 52.8 Å². The first-order valence-corrected chi connectivity index (χ1v) is 18.6. The minimum absolute atomic E-state index is 0.349. The minimum Gasteiger partial charge on any atom is -0.454 e. The van der Waals surface area contributed by atoms with E-state index in [1.54, 1.807) is 11.3 Å². The SMILES string of the molecule is [C-]#[N+]c1cc(-c2nc(-c3ccc4c(c3)sc3ccccc34)nc(-c3ccccc3)c2C#N)ccc1-n1c2ccccc2c2ccc3c4ccccc4oc3c21. The molecule has 6 nitrogen and oxygen atoms in total. The Labute approximate surface area is 318 Å². The van der Waals surface area contributed by atoms with Crippen LogP contribution in [0.1, 0.15) is 5.56 Å². The Hall–Kier alpha value is -7.58. The van der Waals surface area contributed by atoms with Gasteiger partial charge in [0.1, 0.15) is 17.2 Å². The van der Waals surface area contributed by atoms with Gasteiger partial charge in [0.05, 0.1) is 34.7 Å². The smallest absolute Gasteiger partial charge is 0.211 e. The maximum absolute atomic E-state index is 10.7. The lowest BCUT2D eigenvalue weighted by Gasteiger charge is -2.15. The molecule has 11 rings (SSSR count). The summed E-state index contributed by atoms with van der Waals surface area (Å²) in [4.78, 5) is 14.2. The normalized spacial score (nSPS) is 11.6. The van der Waals surface area contributed by atoms with Gasteiger partial charge in [0.15, 0.2) is 11.4 Å². The Morgan fingerprint density at radius 3 is 2.11 bits per heavy atom.